The Morgan fingerprint density at radius 1 is 1.40 bits per heavy atom. The molecular weight excluding hydrogens is 216 g/mol. The second kappa shape index (κ2) is 5.46. The van der Waals surface area contributed by atoms with Crippen molar-refractivity contribution in [2.24, 2.45) is 5.73 Å². The Morgan fingerprint density at radius 3 is 2.67 bits per heavy atom. The Balaban J connectivity index is 2.31. The van der Waals surface area contributed by atoms with Crippen LogP contribution in [0.5, 0.6) is 0 Å². The first-order valence-corrected chi connectivity index (χ1v) is 7.04. The maximum absolute atomic E-state index is 11.4. The molecule has 1 aliphatic rings. The molecule has 1 atom stereocenters. The highest BCUT2D eigenvalue weighted by molar-refractivity contribution is 7.92. The van der Waals surface area contributed by atoms with Gasteiger partial charge in [0.1, 0.15) is 5.75 Å². The quantitative estimate of drug-likeness (QED) is 0.666. The van der Waals surface area contributed by atoms with Gasteiger partial charge in [-0.1, -0.05) is 6.42 Å². The van der Waals surface area contributed by atoms with Crippen molar-refractivity contribution < 1.29 is 13.2 Å². The Bertz CT molecular complexity index is 307. The zero-order chi connectivity index (χ0) is 11.3. The average molecular weight is 234 g/mol. The zero-order valence-corrected chi connectivity index (χ0v) is 9.55. The molecule has 1 heterocycles. The zero-order valence-electron chi connectivity index (χ0n) is 8.74. The summed E-state index contributed by atoms with van der Waals surface area (Å²) in [5.74, 6) is -1.25. The van der Waals surface area contributed by atoms with Crippen LogP contribution in [0, 0.1) is 0 Å². The number of nitrogens with two attached hydrogens (primary N) is 1. The van der Waals surface area contributed by atoms with Crippen molar-refractivity contribution >= 4 is 15.7 Å². The number of sulfone groups is 1. The lowest BCUT2D eigenvalue weighted by molar-refractivity contribution is -0.115. The molecule has 1 unspecified atom stereocenters. The summed E-state index contributed by atoms with van der Waals surface area (Å²) in [5.41, 5.74) is 4.85. The van der Waals surface area contributed by atoms with E-state index in [0.717, 1.165) is 25.8 Å². The third kappa shape index (κ3) is 5.13. The van der Waals surface area contributed by atoms with E-state index in [1.54, 1.807) is 0 Å². The predicted octanol–water partition coefficient (Wildman–Crippen LogP) is -0.581. The van der Waals surface area contributed by atoms with Crippen LogP contribution in [0.2, 0.25) is 0 Å². The van der Waals surface area contributed by atoms with Crippen LogP contribution in [-0.4, -0.2) is 38.4 Å². The van der Waals surface area contributed by atoms with E-state index in [1.165, 1.54) is 0 Å². The normalized spacial score (nSPS) is 22.5. The summed E-state index contributed by atoms with van der Waals surface area (Å²) >= 11 is 0. The Labute approximate surface area is 90.3 Å². The van der Waals surface area contributed by atoms with Crippen LogP contribution in [0.25, 0.3) is 0 Å². The summed E-state index contributed by atoms with van der Waals surface area (Å²) in [6.45, 7) is 0.959. The van der Waals surface area contributed by atoms with Gasteiger partial charge in [0.15, 0.2) is 9.84 Å². The van der Waals surface area contributed by atoms with Crippen molar-refractivity contribution in [2.45, 2.75) is 31.7 Å². The van der Waals surface area contributed by atoms with Crippen LogP contribution in [0.4, 0.5) is 0 Å². The first-order valence-electron chi connectivity index (χ1n) is 5.22. The number of primary amides is 1. The van der Waals surface area contributed by atoms with Gasteiger partial charge < -0.3 is 11.1 Å². The van der Waals surface area contributed by atoms with Crippen molar-refractivity contribution in [3.63, 3.8) is 0 Å². The second-order valence-electron chi connectivity index (χ2n) is 3.99. The van der Waals surface area contributed by atoms with Crippen molar-refractivity contribution in [1.29, 1.82) is 0 Å². The third-order valence-corrected chi connectivity index (χ3v) is 4.13. The van der Waals surface area contributed by atoms with Crippen molar-refractivity contribution in [1.82, 2.24) is 5.32 Å². The Hall–Kier alpha value is -0.620. The van der Waals surface area contributed by atoms with Gasteiger partial charge in [0.25, 0.3) is 0 Å². The van der Waals surface area contributed by atoms with E-state index in [9.17, 15) is 13.2 Å². The standard InChI is InChI=1S/C9H18N2O3S/c10-9(12)7-15(13,14)6-4-8-3-1-2-5-11-8/h8,11H,1-7H2,(H2,10,12). The molecule has 0 aromatic carbocycles. The molecule has 1 aliphatic heterocycles. The van der Waals surface area contributed by atoms with Gasteiger partial charge in [-0.05, 0) is 25.8 Å². The SMILES string of the molecule is NC(=O)CS(=O)(=O)CCC1CCCCN1. The van der Waals surface area contributed by atoms with Gasteiger partial charge in [0.2, 0.25) is 5.91 Å². The predicted molar refractivity (Wildman–Crippen MR) is 58.1 cm³/mol. The fourth-order valence-corrected chi connectivity index (χ4v) is 3.00. The molecule has 1 saturated heterocycles. The number of carbonyl (C=O) groups is 1. The highest BCUT2D eigenvalue weighted by Crippen LogP contribution is 2.11. The van der Waals surface area contributed by atoms with Crippen molar-refractivity contribution in [3.8, 4) is 0 Å². The van der Waals surface area contributed by atoms with E-state index >= 15 is 0 Å². The van der Waals surface area contributed by atoms with Crippen LogP contribution in [0.15, 0.2) is 0 Å². The van der Waals surface area contributed by atoms with Crippen LogP contribution < -0.4 is 11.1 Å². The number of hydrogen-bond acceptors (Lipinski definition) is 4. The lowest BCUT2D eigenvalue weighted by Crippen LogP contribution is -2.36. The van der Waals surface area contributed by atoms with E-state index in [-0.39, 0.29) is 11.8 Å². The molecule has 0 aliphatic carbocycles. The van der Waals surface area contributed by atoms with E-state index in [0.29, 0.717) is 6.42 Å². The molecule has 88 valence electrons. The van der Waals surface area contributed by atoms with Gasteiger partial charge in [-0.25, -0.2) is 8.42 Å². The Morgan fingerprint density at radius 2 is 2.13 bits per heavy atom. The van der Waals surface area contributed by atoms with Gasteiger partial charge in [-0.15, -0.1) is 0 Å². The smallest absolute Gasteiger partial charge is 0.232 e. The lowest BCUT2D eigenvalue weighted by Gasteiger charge is -2.23. The molecule has 0 saturated carbocycles. The van der Waals surface area contributed by atoms with Crippen LogP contribution in [0.3, 0.4) is 0 Å². The molecule has 0 aromatic rings. The molecule has 0 aromatic heterocycles. The lowest BCUT2D eigenvalue weighted by atomic mass is 10.0. The van der Waals surface area contributed by atoms with Gasteiger partial charge in [0.05, 0.1) is 5.75 Å². The largest absolute Gasteiger partial charge is 0.369 e. The molecule has 5 nitrogen and oxygen atoms in total. The molecule has 6 heteroatoms. The third-order valence-electron chi connectivity index (χ3n) is 2.55. The molecule has 0 radical (unpaired) electrons. The molecule has 1 rings (SSSR count). The number of piperidine rings is 1. The maximum Gasteiger partial charge on any atom is 0.232 e. The minimum atomic E-state index is -3.29. The number of rotatable bonds is 5. The molecule has 3 N–H and O–H groups in total. The fourth-order valence-electron chi connectivity index (χ4n) is 1.78. The molecule has 0 spiro atoms. The number of hydrogen-bond donors (Lipinski definition) is 2. The molecule has 1 amide bonds. The molecule has 0 bridgehead atoms. The Kier molecular flexibility index (Phi) is 4.53. The summed E-state index contributed by atoms with van der Waals surface area (Å²) in [4.78, 5) is 10.5. The molecule has 1 fully saturated rings. The second-order valence-corrected chi connectivity index (χ2v) is 6.18. The van der Waals surface area contributed by atoms with Crippen molar-refractivity contribution in [2.75, 3.05) is 18.1 Å². The number of nitrogens with one attached hydrogen (secondary N) is 1. The minimum absolute atomic E-state index is 0.0492. The first-order chi connectivity index (χ1) is 6.99. The summed E-state index contributed by atoms with van der Waals surface area (Å²) in [6, 6.07) is 0.279. The molecular formula is C9H18N2O3S. The minimum Gasteiger partial charge on any atom is -0.369 e. The average Bonchev–Trinajstić information content (AvgIpc) is 2.15. The summed E-state index contributed by atoms with van der Waals surface area (Å²) < 4.78 is 22.7. The van der Waals surface area contributed by atoms with Gasteiger partial charge in [-0.2, -0.15) is 0 Å². The van der Waals surface area contributed by atoms with Gasteiger partial charge in [-0.3, -0.25) is 4.79 Å². The monoisotopic (exact) mass is 234 g/mol. The molecule has 15 heavy (non-hydrogen) atoms. The summed E-state index contributed by atoms with van der Waals surface area (Å²) in [7, 11) is -3.29. The van der Waals surface area contributed by atoms with Crippen LogP contribution in [-0.2, 0) is 14.6 Å². The highest BCUT2D eigenvalue weighted by atomic mass is 32.2. The topological polar surface area (TPSA) is 89.3 Å². The van der Waals surface area contributed by atoms with Crippen molar-refractivity contribution in [3.05, 3.63) is 0 Å². The maximum atomic E-state index is 11.4. The summed E-state index contributed by atoms with van der Waals surface area (Å²) in [5, 5.41) is 3.26. The van der Waals surface area contributed by atoms with E-state index < -0.39 is 21.5 Å². The number of carbonyl (C=O) groups excluding carboxylic acids is 1. The van der Waals surface area contributed by atoms with E-state index in [4.69, 9.17) is 5.73 Å². The first kappa shape index (κ1) is 12.4. The number of amides is 1. The van der Waals surface area contributed by atoms with Gasteiger partial charge >= 0.3 is 0 Å². The van der Waals surface area contributed by atoms with Crippen LogP contribution >= 0.6 is 0 Å². The van der Waals surface area contributed by atoms with Gasteiger partial charge in [0, 0.05) is 6.04 Å². The van der Waals surface area contributed by atoms with E-state index in [1.807, 2.05) is 0 Å². The fraction of sp³-hybridized carbons (Fsp3) is 0.889. The highest BCUT2D eigenvalue weighted by Gasteiger charge is 2.18. The van der Waals surface area contributed by atoms with E-state index in [2.05, 4.69) is 5.32 Å². The van der Waals surface area contributed by atoms with Crippen LogP contribution in [0.1, 0.15) is 25.7 Å². The summed E-state index contributed by atoms with van der Waals surface area (Å²) in [6.07, 6.45) is 3.90.